The van der Waals surface area contributed by atoms with Gasteiger partial charge in [0, 0.05) is 34.2 Å². The molecule has 1 aliphatic rings. The number of aromatic nitrogens is 2. The highest BCUT2D eigenvalue weighted by atomic mass is 35.5. The molecule has 35 heavy (non-hydrogen) atoms. The zero-order valence-corrected chi connectivity index (χ0v) is 21.4. The molecule has 0 spiro atoms. The molecule has 9 heteroatoms. The molecule has 0 unspecified atom stereocenters. The van der Waals surface area contributed by atoms with Crippen LogP contribution < -0.4 is 19.9 Å². The normalized spacial score (nSPS) is 14.7. The molecule has 1 aliphatic carbocycles. The number of hydrogen-bond donors (Lipinski definition) is 2. The van der Waals surface area contributed by atoms with Crippen molar-refractivity contribution in [2.75, 3.05) is 13.7 Å². The Morgan fingerprint density at radius 2 is 1.74 bits per heavy atom. The summed E-state index contributed by atoms with van der Waals surface area (Å²) in [5.41, 5.74) is 8.51. The lowest BCUT2D eigenvalue weighted by molar-refractivity contribution is 0.169. The molecular weight excluding hydrogens is 492 g/mol. The fourth-order valence-electron chi connectivity index (χ4n) is 4.60. The second-order valence-corrected chi connectivity index (χ2v) is 8.93. The minimum absolute atomic E-state index is 0. The van der Waals surface area contributed by atoms with E-state index < -0.39 is 5.82 Å². The summed E-state index contributed by atoms with van der Waals surface area (Å²) < 4.78 is 32.8. The molecule has 6 nitrogen and oxygen atoms in total. The van der Waals surface area contributed by atoms with Crippen LogP contribution in [0.15, 0.2) is 42.6 Å². The van der Waals surface area contributed by atoms with Crippen molar-refractivity contribution in [2.24, 2.45) is 5.73 Å². The fraction of sp³-hybridized carbons (Fsp3) is 0.346. The van der Waals surface area contributed by atoms with Gasteiger partial charge in [-0.15, -0.1) is 24.8 Å². The largest absolute Gasteiger partial charge is 0.493 e. The van der Waals surface area contributed by atoms with E-state index in [1.807, 2.05) is 25.1 Å². The lowest BCUT2D eigenvalue weighted by Gasteiger charge is -2.33. The smallest absolute Gasteiger partial charge is 0.175 e. The summed E-state index contributed by atoms with van der Waals surface area (Å²) in [4.78, 5) is 7.60. The van der Waals surface area contributed by atoms with Crippen LogP contribution in [0.4, 0.5) is 4.39 Å². The molecule has 2 aromatic carbocycles. The highest BCUT2D eigenvalue weighted by Gasteiger charge is 2.29. The van der Waals surface area contributed by atoms with Gasteiger partial charge >= 0.3 is 0 Å². The molecule has 2 heterocycles. The second-order valence-electron chi connectivity index (χ2n) is 8.93. The van der Waals surface area contributed by atoms with Crippen LogP contribution in [0.3, 0.4) is 0 Å². The molecule has 0 bridgehead atoms. The molecule has 1 saturated carbocycles. The van der Waals surface area contributed by atoms with Crippen LogP contribution in [0.5, 0.6) is 23.0 Å². The number of H-pyrrole nitrogens is 1. The second kappa shape index (κ2) is 10.9. The third kappa shape index (κ3) is 5.42. The number of methoxy groups -OCH3 is 1. The molecule has 188 valence electrons. The maximum absolute atomic E-state index is 15.1. The van der Waals surface area contributed by atoms with Gasteiger partial charge in [-0.05, 0) is 50.1 Å². The molecule has 0 atom stereocenters. The molecule has 0 saturated heterocycles. The van der Waals surface area contributed by atoms with Gasteiger partial charge in [0.2, 0.25) is 0 Å². The topological polar surface area (TPSA) is 82.4 Å². The summed E-state index contributed by atoms with van der Waals surface area (Å²) in [5, 5.41) is 1.20. The summed E-state index contributed by atoms with van der Waals surface area (Å²) in [5.74, 6) is 1.36. The lowest BCUT2D eigenvalue weighted by atomic mass is 9.83. The third-order valence-corrected chi connectivity index (χ3v) is 6.41. The molecule has 3 N–H and O–H groups in total. The van der Waals surface area contributed by atoms with Crippen LogP contribution in [-0.4, -0.2) is 29.2 Å². The van der Waals surface area contributed by atoms with Gasteiger partial charge in [0.15, 0.2) is 23.1 Å². The molecule has 0 amide bonds. The number of rotatable bonds is 6. The monoisotopic (exact) mass is 521 g/mol. The minimum Gasteiger partial charge on any atom is -0.493 e. The van der Waals surface area contributed by atoms with Gasteiger partial charge in [0.25, 0.3) is 0 Å². The SMILES string of the molecule is COc1cc2c(Oc3ccc4[nH]c(C)cc4c3F)ccnc2cc1OCC1(N)CCCCC1.Cl.Cl. The molecule has 2 aromatic heterocycles. The zero-order valence-electron chi connectivity index (χ0n) is 19.7. The van der Waals surface area contributed by atoms with Crippen molar-refractivity contribution in [3.63, 3.8) is 0 Å². The average molecular weight is 522 g/mol. The zero-order chi connectivity index (χ0) is 23.0. The number of hydrogen-bond acceptors (Lipinski definition) is 5. The van der Waals surface area contributed by atoms with E-state index in [9.17, 15) is 0 Å². The van der Waals surface area contributed by atoms with Crippen molar-refractivity contribution in [3.8, 4) is 23.0 Å². The first-order valence-corrected chi connectivity index (χ1v) is 11.3. The number of aryl methyl sites for hydroxylation is 1. The summed E-state index contributed by atoms with van der Waals surface area (Å²) in [6.45, 7) is 2.31. The number of fused-ring (bicyclic) bond motifs is 2. The molecule has 0 radical (unpaired) electrons. The summed E-state index contributed by atoms with van der Waals surface area (Å²) in [6.07, 6.45) is 7.02. The maximum atomic E-state index is 15.1. The van der Waals surface area contributed by atoms with E-state index in [-0.39, 0.29) is 36.1 Å². The van der Waals surface area contributed by atoms with Crippen LogP contribution in [-0.2, 0) is 0 Å². The Morgan fingerprint density at radius 3 is 2.49 bits per heavy atom. The standard InChI is InChI=1S/C26H28FN3O3.2ClH/c1-16-12-18-19(30-16)6-7-22(25(18)27)33-21-8-11-29-20-14-24(23(31-2)13-17(20)21)32-15-26(28)9-4-3-5-10-26;;/h6-8,11-14,30H,3-5,9-10,15,28H2,1-2H3;2*1H. The number of nitrogens with zero attached hydrogens (tertiary/aromatic N) is 1. The van der Waals surface area contributed by atoms with Crippen molar-refractivity contribution in [1.82, 2.24) is 9.97 Å². The number of pyridine rings is 1. The quantitative estimate of drug-likeness (QED) is 0.290. The van der Waals surface area contributed by atoms with Gasteiger partial charge in [-0.1, -0.05) is 19.3 Å². The van der Waals surface area contributed by atoms with E-state index >= 15 is 4.39 Å². The number of halogens is 3. The van der Waals surface area contributed by atoms with Crippen LogP contribution in [0.2, 0.25) is 0 Å². The number of aromatic amines is 1. The first-order chi connectivity index (χ1) is 16.0. The van der Waals surface area contributed by atoms with Gasteiger partial charge in [0.05, 0.1) is 18.2 Å². The Balaban J connectivity index is 0.00000171. The van der Waals surface area contributed by atoms with Gasteiger partial charge < -0.3 is 24.9 Å². The van der Waals surface area contributed by atoms with Crippen LogP contribution in [0.1, 0.15) is 37.8 Å². The summed E-state index contributed by atoms with van der Waals surface area (Å²) in [6, 6.07) is 10.6. The third-order valence-electron chi connectivity index (χ3n) is 6.41. The van der Waals surface area contributed by atoms with Crippen molar-refractivity contribution >= 4 is 46.6 Å². The fourth-order valence-corrected chi connectivity index (χ4v) is 4.60. The van der Waals surface area contributed by atoms with Crippen molar-refractivity contribution < 1.29 is 18.6 Å². The number of ether oxygens (including phenoxy) is 3. The van der Waals surface area contributed by atoms with Crippen LogP contribution >= 0.6 is 24.8 Å². The van der Waals surface area contributed by atoms with E-state index in [0.29, 0.717) is 40.1 Å². The summed E-state index contributed by atoms with van der Waals surface area (Å²) in [7, 11) is 1.59. The van der Waals surface area contributed by atoms with E-state index in [2.05, 4.69) is 9.97 Å². The Bertz CT molecular complexity index is 1320. The van der Waals surface area contributed by atoms with E-state index in [1.54, 1.807) is 31.5 Å². The Hall–Kier alpha value is -2.74. The number of nitrogens with one attached hydrogen (secondary N) is 1. The number of benzene rings is 2. The average Bonchev–Trinajstić information content (AvgIpc) is 3.21. The molecule has 0 aliphatic heterocycles. The van der Waals surface area contributed by atoms with Crippen molar-refractivity contribution in [2.45, 2.75) is 44.6 Å². The number of nitrogens with two attached hydrogens (primary N) is 1. The minimum atomic E-state index is -0.408. The molecule has 4 aromatic rings. The molecule has 1 fully saturated rings. The van der Waals surface area contributed by atoms with E-state index in [0.717, 1.165) is 36.9 Å². The lowest BCUT2D eigenvalue weighted by Crippen LogP contribution is -2.47. The first-order valence-electron chi connectivity index (χ1n) is 11.3. The van der Waals surface area contributed by atoms with Crippen molar-refractivity contribution in [3.05, 3.63) is 54.1 Å². The Morgan fingerprint density at radius 1 is 0.971 bits per heavy atom. The van der Waals surface area contributed by atoms with Gasteiger partial charge in [-0.2, -0.15) is 0 Å². The highest BCUT2D eigenvalue weighted by molar-refractivity contribution is 5.89. The predicted octanol–water partition coefficient (Wildman–Crippen LogP) is 6.85. The van der Waals surface area contributed by atoms with Gasteiger partial charge in [0.1, 0.15) is 12.4 Å². The van der Waals surface area contributed by atoms with Crippen LogP contribution in [0.25, 0.3) is 21.8 Å². The first kappa shape index (κ1) is 26.9. The maximum Gasteiger partial charge on any atom is 0.175 e. The van der Waals surface area contributed by atoms with Crippen molar-refractivity contribution in [1.29, 1.82) is 0 Å². The Labute approximate surface area is 216 Å². The predicted molar refractivity (Wildman–Crippen MR) is 141 cm³/mol. The highest BCUT2D eigenvalue weighted by Crippen LogP contribution is 2.39. The van der Waals surface area contributed by atoms with Crippen LogP contribution in [0, 0.1) is 12.7 Å². The molecule has 5 rings (SSSR count). The van der Waals surface area contributed by atoms with Gasteiger partial charge in [-0.25, -0.2) is 4.39 Å². The van der Waals surface area contributed by atoms with Gasteiger partial charge in [-0.3, -0.25) is 4.98 Å². The molecular formula is C26H30Cl2FN3O3. The Kier molecular flexibility index (Phi) is 8.36. The summed E-state index contributed by atoms with van der Waals surface area (Å²) >= 11 is 0. The van der Waals surface area contributed by atoms with E-state index in [4.69, 9.17) is 19.9 Å². The van der Waals surface area contributed by atoms with E-state index in [1.165, 1.54) is 6.42 Å².